The van der Waals surface area contributed by atoms with Gasteiger partial charge in [-0.2, -0.15) is 5.01 Å². The van der Waals surface area contributed by atoms with Gasteiger partial charge >= 0.3 is 0 Å². The first-order valence-corrected chi connectivity index (χ1v) is 9.31. The van der Waals surface area contributed by atoms with Gasteiger partial charge in [0.15, 0.2) is 0 Å². The highest BCUT2D eigenvalue weighted by Gasteiger charge is 2.58. The molecule has 0 aliphatic carbocycles. The SMILES string of the molecule is CC(=O)N1N=C(c2ccc(F)cc2F)OC12c1cc(F)ccc1OCC2CC[N+](=O)[O-]. The molecule has 2 aliphatic rings. The molecule has 0 N–H and O–H groups in total. The average Bonchev–Trinajstić information content (AvgIpc) is 3.09. The zero-order valence-corrected chi connectivity index (χ0v) is 16.2. The average molecular weight is 435 g/mol. The number of carbonyl (C=O) groups is 1. The molecule has 8 nitrogen and oxygen atoms in total. The molecule has 11 heteroatoms. The van der Waals surface area contributed by atoms with Crippen LogP contribution in [0.4, 0.5) is 13.2 Å². The topological polar surface area (TPSA) is 94.3 Å². The van der Waals surface area contributed by atoms with Crippen LogP contribution in [0.15, 0.2) is 41.5 Å². The zero-order valence-electron chi connectivity index (χ0n) is 16.2. The number of benzene rings is 2. The standard InChI is InChI=1S/C20H16F3N3O5/c1-11(27)26-20(31-19(24-26)15-4-2-14(22)9-17(15)23)12(6-7-25(28)29)10-30-18-5-3-13(21)8-16(18)20/h2-5,8-9,12H,6-7,10H2,1H3. The minimum absolute atomic E-state index is 0.0866. The number of carbonyl (C=O) groups excluding carboxylic acids is 1. The number of fused-ring (bicyclic) bond motifs is 2. The molecule has 0 aromatic heterocycles. The monoisotopic (exact) mass is 435 g/mol. The first-order valence-electron chi connectivity index (χ1n) is 9.31. The van der Waals surface area contributed by atoms with Gasteiger partial charge in [-0.15, -0.1) is 5.10 Å². The van der Waals surface area contributed by atoms with E-state index in [4.69, 9.17) is 9.47 Å². The van der Waals surface area contributed by atoms with E-state index in [1.54, 1.807) is 0 Å². The third kappa shape index (κ3) is 3.45. The van der Waals surface area contributed by atoms with Crippen molar-refractivity contribution in [2.24, 2.45) is 11.0 Å². The van der Waals surface area contributed by atoms with Crippen LogP contribution in [0.25, 0.3) is 0 Å². The summed E-state index contributed by atoms with van der Waals surface area (Å²) in [6.45, 7) is 0.609. The Bertz CT molecular complexity index is 1110. The molecule has 162 valence electrons. The lowest BCUT2D eigenvalue weighted by atomic mass is 9.83. The second kappa shape index (κ2) is 7.56. The fraction of sp³-hybridized carbons (Fsp3) is 0.300. The van der Waals surface area contributed by atoms with E-state index in [9.17, 15) is 28.1 Å². The summed E-state index contributed by atoms with van der Waals surface area (Å²) in [5.41, 5.74) is -1.93. The Labute approximate surface area is 174 Å². The van der Waals surface area contributed by atoms with Gasteiger partial charge in [-0.25, -0.2) is 13.2 Å². The molecule has 0 fully saturated rings. The summed E-state index contributed by atoms with van der Waals surface area (Å²) >= 11 is 0. The lowest BCUT2D eigenvalue weighted by Crippen LogP contribution is -2.54. The van der Waals surface area contributed by atoms with E-state index in [1.165, 1.54) is 13.0 Å². The highest BCUT2D eigenvalue weighted by Crippen LogP contribution is 2.50. The molecule has 0 saturated heterocycles. The number of hydrazone groups is 1. The molecule has 2 aromatic carbocycles. The summed E-state index contributed by atoms with van der Waals surface area (Å²) < 4.78 is 53.6. The molecule has 0 saturated carbocycles. The van der Waals surface area contributed by atoms with Gasteiger partial charge in [0.1, 0.15) is 23.2 Å². The van der Waals surface area contributed by atoms with Gasteiger partial charge in [-0.3, -0.25) is 14.9 Å². The summed E-state index contributed by atoms with van der Waals surface area (Å²) in [6.07, 6.45) is -0.0958. The number of ether oxygens (including phenoxy) is 2. The molecule has 2 atom stereocenters. The Kier molecular flexibility index (Phi) is 5.03. The summed E-state index contributed by atoms with van der Waals surface area (Å²) in [7, 11) is 0. The van der Waals surface area contributed by atoms with Gasteiger partial charge in [0, 0.05) is 24.3 Å². The van der Waals surface area contributed by atoms with E-state index in [1.807, 2.05) is 0 Å². The van der Waals surface area contributed by atoms with Crippen LogP contribution in [-0.2, 0) is 15.3 Å². The Morgan fingerprint density at radius 1 is 1.26 bits per heavy atom. The normalized spacial score (nSPS) is 21.9. The second-order valence-corrected chi connectivity index (χ2v) is 7.15. The molecule has 1 amide bonds. The predicted molar refractivity (Wildman–Crippen MR) is 100 cm³/mol. The first kappa shape index (κ1) is 20.6. The van der Waals surface area contributed by atoms with Crippen LogP contribution in [0.5, 0.6) is 5.75 Å². The molecule has 2 heterocycles. The summed E-state index contributed by atoms with van der Waals surface area (Å²) in [5.74, 6) is -4.06. The van der Waals surface area contributed by atoms with E-state index in [0.717, 1.165) is 29.3 Å². The quantitative estimate of drug-likeness (QED) is 0.543. The molecule has 31 heavy (non-hydrogen) atoms. The van der Waals surface area contributed by atoms with E-state index < -0.39 is 46.5 Å². The number of rotatable bonds is 4. The maximum Gasteiger partial charge on any atom is 0.244 e. The Morgan fingerprint density at radius 2 is 1.97 bits per heavy atom. The minimum atomic E-state index is -1.80. The lowest BCUT2D eigenvalue weighted by molar-refractivity contribution is -0.483. The number of halogens is 3. The number of hydrogen-bond donors (Lipinski definition) is 0. The van der Waals surface area contributed by atoms with Gasteiger partial charge in [-0.05, 0) is 30.3 Å². The van der Waals surface area contributed by atoms with Crippen molar-refractivity contribution in [2.45, 2.75) is 19.1 Å². The Hall–Kier alpha value is -3.63. The van der Waals surface area contributed by atoms with Crippen molar-refractivity contribution >= 4 is 11.8 Å². The van der Waals surface area contributed by atoms with Gasteiger partial charge in [-0.1, -0.05) is 0 Å². The Balaban J connectivity index is 1.88. The van der Waals surface area contributed by atoms with E-state index in [0.29, 0.717) is 6.07 Å². The van der Waals surface area contributed by atoms with Crippen LogP contribution in [-0.4, -0.2) is 34.9 Å². The van der Waals surface area contributed by atoms with Crippen molar-refractivity contribution in [3.63, 3.8) is 0 Å². The van der Waals surface area contributed by atoms with Crippen molar-refractivity contribution in [3.05, 3.63) is 75.1 Å². The van der Waals surface area contributed by atoms with Crippen molar-refractivity contribution in [1.29, 1.82) is 0 Å². The van der Waals surface area contributed by atoms with Gasteiger partial charge in [0.05, 0.1) is 23.7 Å². The number of nitrogens with zero attached hydrogens (tertiary/aromatic N) is 3. The maximum absolute atomic E-state index is 14.4. The lowest BCUT2D eigenvalue weighted by Gasteiger charge is -2.44. The van der Waals surface area contributed by atoms with E-state index >= 15 is 0 Å². The van der Waals surface area contributed by atoms with Crippen molar-refractivity contribution in [2.75, 3.05) is 13.2 Å². The molecule has 4 rings (SSSR count). The minimum Gasteiger partial charge on any atom is -0.493 e. The largest absolute Gasteiger partial charge is 0.493 e. The van der Waals surface area contributed by atoms with Crippen LogP contribution in [0.1, 0.15) is 24.5 Å². The first-order chi connectivity index (χ1) is 14.7. The molecule has 1 spiro atoms. The molecule has 0 radical (unpaired) electrons. The number of amides is 1. The van der Waals surface area contributed by atoms with Crippen LogP contribution in [0.3, 0.4) is 0 Å². The van der Waals surface area contributed by atoms with Crippen LogP contribution < -0.4 is 4.74 Å². The molecular weight excluding hydrogens is 419 g/mol. The summed E-state index contributed by atoms with van der Waals surface area (Å²) in [5, 5.41) is 16.0. The fourth-order valence-electron chi connectivity index (χ4n) is 3.85. The van der Waals surface area contributed by atoms with E-state index in [-0.39, 0.29) is 35.8 Å². The molecule has 2 aliphatic heterocycles. The highest BCUT2D eigenvalue weighted by atomic mass is 19.1. The number of hydrogen-bond acceptors (Lipinski definition) is 6. The van der Waals surface area contributed by atoms with Gasteiger partial charge in [0.25, 0.3) is 0 Å². The Morgan fingerprint density at radius 3 is 2.65 bits per heavy atom. The number of nitro groups is 1. The van der Waals surface area contributed by atoms with Crippen LogP contribution in [0, 0.1) is 33.5 Å². The second-order valence-electron chi connectivity index (χ2n) is 7.15. The van der Waals surface area contributed by atoms with Gasteiger partial charge in [0.2, 0.25) is 24.1 Å². The molecular formula is C20H16F3N3O5. The smallest absolute Gasteiger partial charge is 0.244 e. The third-order valence-corrected chi connectivity index (χ3v) is 5.20. The molecule has 2 unspecified atom stereocenters. The maximum atomic E-state index is 14.4. The zero-order chi connectivity index (χ0) is 22.3. The van der Waals surface area contributed by atoms with Crippen LogP contribution in [0.2, 0.25) is 0 Å². The fourth-order valence-corrected chi connectivity index (χ4v) is 3.85. The summed E-state index contributed by atoms with van der Waals surface area (Å²) in [4.78, 5) is 23.0. The predicted octanol–water partition coefficient (Wildman–Crippen LogP) is 3.17. The highest BCUT2D eigenvalue weighted by molar-refractivity contribution is 5.97. The molecule has 2 aromatic rings. The van der Waals surface area contributed by atoms with Gasteiger partial charge < -0.3 is 9.47 Å². The van der Waals surface area contributed by atoms with Crippen molar-refractivity contribution in [3.8, 4) is 5.75 Å². The van der Waals surface area contributed by atoms with Crippen molar-refractivity contribution in [1.82, 2.24) is 5.01 Å². The van der Waals surface area contributed by atoms with E-state index in [2.05, 4.69) is 5.10 Å². The third-order valence-electron chi connectivity index (χ3n) is 5.20. The van der Waals surface area contributed by atoms with Crippen molar-refractivity contribution < 1.29 is 32.4 Å². The van der Waals surface area contributed by atoms with Crippen LogP contribution >= 0.6 is 0 Å². The summed E-state index contributed by atoms with van der Waals surface area (Å²) in [6, 6.07) is 6.30. The molecule has 0 bridgehead atoms.